The normalized spacial score (nSPS) is 14.9. The summed E-state index contributed by atoms with van der Waals surface area (Å²) in [5.74, 6) is -0.0577. The van der Waals surface area contributed by atoms with Crippen LogP contribution in [-0.2, 0) is 9.53 Å². The minimum absolute atomic E-state index is 0.0440. The molecule has 2 aromatic carbocycles. The smallest absolute Gasteiger partial charge is 0.237 e. The molecule has 0 radical (unpaired) electrons. The molecule has 0 aliphatic carbocycles. The maximum Gasteiger partial charge on any atom is 0.237 e. The molecule has 1 amide bonds. The molecule has 10 heteroatoms. The van der Waals surface area contributed by atoms with Gasteiger partial charge in [-0.25, -0.2) is 4.39 Å². The van der Waals surface area contributed by atoms with Gasteiger partial charge in [0.1, 0.15) is 5.82 Å². The maximum absolute atomic E-state index is 13.4. The first-order valence-electron chi connectivity index (χ1n) is 10.2. The third kappa shape index (κ3) is 5.06. The van der Waals surface area contributed by atoms with Gasteiger partial charge in [-0.3, -0.25) is 9.36 Å². The minimum atomic E-state index is -0.533. The molecule has 0 spiro atoms. The Morgan fingerprint density at radius 2 is 2.00 bits per heavy atom. The molecule has 32 heavy (non-hydrogen) atoms. The molecule has 1 aliphatic rings. The van der Waals surface area contributed by atoms with Gasteiger partial charge in [0.05, 0.1) is 29.2 Å². The number of aryl methyl sites for hydroxylation is 1. The van der Waals surface area contributed by atoms with E-state index in [1.54, 1.807) is 6.92 Å². The predicted octanol–water partition coefficient (Wildman–Crippen LogP) is 4.32. The molecule has 2 heterocycles. The molecule has 7 nitrogen and oxygen atoms in total. The Morgan fingerprint density at radius 3 is 2.72 bits per heavy atom. The molecule has 1 aliphatic heterocycles. The SMILES string of the molecule is Cc1cccc(-n2c(SC(C)C(=O)Nc3ccc(F)c(Cl)c3)nnc2N2CCOCC2)c1. The lowest BCUT2D eigenvalue weighted by Gasteiger charge is -2.28. The van der Waals surface area contributed by atoms with E-state index in [0.717, 1.165) is 30.3 Å². The number of thioether (sulfide) groups is 1. The van der Waals surface area contributed by atoms with Gasteiger partial charge in [-0.15, -0.1) is 10.2 Å². The second-order valence-electron chi connectivity index (χ2n) is 7.43. The maximum atomic E-state index is 13.4. The Kier molecular flexibility index (Phi) is 6.98. The van der Waals surface area contributed by atoms with Crippen LogP contribution in [0.1, 0.15) is 12.5 Å². The summed E-state index contributed by atoms with van der Waals surface area (Å²) in [4.78, 5) is 14.9. The molecule has 1 saturated heterocycles. The van der Waals surface area contributed by atoms with Gasteiger partial charge in [-0.05, 0) is 49.7 Å². The van der Waals surface area contributed by atoms with E-state index < -0.39 is 11.1 Å². The molecule has 0 bridgehead atoms. The number of nitrogens with one attached hydrogen (secondary N) is 1. The molecule has 1 atom stereocenters. The van der Waals surface area contributed by atoms with Gasteiger partial charge >= 0.3 is 0 Å². The fourth-order valence-corrected chi connectivity index (χ4v) is 4.37. The summed E-state index contributed by atoms with van der Waals surface area (Å²) in [6.07, 6.45) is 0. The summed E-state index contributed by atoms with van der Waals surface area (Å²) in [6.45, 7) is 6.50. The van der Waals surface area contributed by atoms with Crippen molar-refractivity contribution >= 4 is 40.9 Å². The molecule has 4 rings (SSSR count). The number of morpholine rings is 1. The van der Waals surface area contributed by atoms with Crippen molar-refractivity contribution in [1.82, 2.24) is 14.8 Å². The lowest BCUT2D eigenvalue weighted by atomic mass is 10.2. The van der Waals surface area contributed by atoms with Crippen molar-refractivity contribution in [2.45, 2.75) is 24.3 Å². The van der Waals surface area contributed by atoms with Gasteiger partial charge in [0.25, 0.3) is 0 Å². The molecular weight excluding hydrogens is 453 g/mol. The van der Waals surface area contributed by atoms with Crippen LogP contribution in [0.2, 0.25) is 5.02 Å². The summed E-state index contributed by atoms with van der Waals surface area (Å²) in [7, 11) is 0. The van der Waals surface area contributed by atoms with Crippen LogP contribution in [0.25, 0.3) is 5.69 Å². The van der Waals surface area contributed by atoms with Gasteiger partial charge in [-0.1, -0.05) is 35.5 Å². The Bertz CT molecular complexity index is 1120. The largest absolute Gasteiger partial charge is 0.378 e. The number of carbonyl (C=O) groups excluding carboxylic acids is 1. The van der Waals surface area contributed by atoms with E-state index >= 15 is 0 Å². The Morgan fingerprint density at radius 1 is 1.22 bits per heavy atom. The highest BCUT2D eigenvalue weighted by atomic mass is 35.5. The van der Waals surface area contributed by atoms with E-state index in [0.29, 0.717) is 24.1 Å². The molecule has 0 saturated carbocycles. The van der Waals surface area contributed by atoms with Gasteiger partial charge in [0.2, 0.25) is 11.9 Å². The van der Waals surface area contributed by atoms with Crippen molar-refractivity contribution in [3.63, 3.8) is 0 Å². The predicted molar refractivity (Wildman–Crippen MR) is 124 cm³/mol. The van der Waals surface area contributed by atoms with Gasteiger partial charge < -0.3 is 15.0 Å². The van der Waals surface area contributed by atoms with Crippen LogP contribution in [0.3, 0.4) is 0 Å². The monoisotopic (exact) mass is 475 g/mol. The lowest BCUT2D eigenvalue weighted by molar-refractivity contribution is -0.115. The fraction of sp³-hybridized carbons (Fsp3) is 0.318. The number of anilines is 2. The summed E-state index contributed by atoms with van der Waals surface area (Å²) in [5.41, 5.74) is 2.47. The third-order valence-electron chi connectivity index (χ3n) is 5.01. The summed E-state index contributed by atoms with van der Waals surface area (Å²) < 4.78 is 20.8. The van der Waals surface area contributed by atoms with Crippen molar-refractivity contribution in [2.24, 2.45) is 0 Å². The zero-order chi connectivity index (χ0) is 22.7. The summed E-state index contributed by atoms with van der Waals surface area (Å²) in [5, 5.41) is 11.7. The Hall–Kier alpha value is -2.62. The third-order valence-corrected chi connectivity index (χ3v) is 6.34. The molecule has 1 N–H and O–H groups in total. The number of benzene rings is 2. The van der Waals surface area contributed by atoms with E-state index in [-0.39, 0.29) is 10.9 Å². The van der Waals surface area contributed by atoms with Crippen molar-refractivity contribution in [1.29, 1.82) is 0 Å². The number of carbonyl (C=O) groups is 1. The van der Waals surface area contributed by atoms with Crippen LogP contribution < -0.4 is 10.2 Å². The number of amides is 1. The van der Waals surface area contributed by atoms with Gasteiger partial charge in [0.15, 0.2) is 5.16 Å². The first-order valence-corrected chi connectivity index (χ1v) is 11.5. The van der Waals surface area contributed by atoms with Crippen LogP contribution in [-0.4, -0.2) is 52.2 Å². The molecule has 1 aromatic heterocycles. The summed E-state index contributed by atoms with van der Waals surface area (Å²) >= 11 is 7.12. The first kappa shape index (κ1) is 22.6. The zero-order valence-electron chi connectivity index (χ0n) is 17.7. The van der Waals surface area contributed by atoms with Gasteiger partial charge in [-0.2, -0.15) is 0 Å². The molecule has 3 aromatic rings. The highest BCUT2D eigenvalue weighted by Gasteiger charge is 2.25. The van der Waals surface area contributed by atoms with Crippen molar-refractivity contribution in [2.75, 3.05) is 36.5 Å². The molecule has 1 unspecified atom stereocenters. The molecule has 168 valence electrons. The lowest BCUT2D eigenvalue weighted by Crippen LogP contribution is -2.38. The second kappa shape index (κ2) is 9.89. The highest BCUT2D eigenvalue weighted by molar-refractivity contribution is 8.00. The number of aromatic nitrogens is 3. The number of hydrogen-bond acceptors (Lipinski definition) is 6. The van der Waals surface area contributed by atoms with Gasteiger partial charge in [0, 0.05) is 18.8 Å². The van der Waals surface area contributed by atoms with E-state index in [1.807, 2.05) is 29.7 Å². The van der Waals surface area contributed by atoms with E-state index in [2.05, 4.69) is 26.5 Å². The fourth-order valence-electron chi connectivity index (χ4n) is 3.33. The quantitative estimate of drug-likeness (QED) is 0.535. The van der Waals surface area contributed by atoms with Crippen LogP contribution in [0.15, 0.2) is 47.6 Å². The number of rotatable bonds is 6. The Balaban J connectivity index is 1.58. The highest BCUT2D eigenvalue weighted by Crippen LogP contribution is 2.30. The van der Waals surface area contributed by atoms with Crippen LogP contribution in [0.5, 0.6) is 0 Å². The standard InChI is InChI=1S/C22H23ClFN5O2S/c1-14-4-3-5-17(12-14)29-21(28-8-10-31-11-9-28)26-27-22(29)32-15(2)20(30)25-16-6-7-19(24)18(23)13-16/h3-7,12-13,15H,8-11H2,1-2H3,(H,25,30). The zero-order valence-corrected chi connectivity index (χ0v) is 19.3. The molecule has 1 fully saturated rings. The number of ether oxygens (including phenoxy) is 1. The van der Waals surface area contributed by atoms with E-state index in [4.69, 9.17) is 16.3 Å². The van der Waals surface area contributed by atoms with E-state index in [1.165, 1.54) is 30.0 Å². The topological polar surface area (TPSA) is 72.3 Å². The second-order valence-corrected chi connectivity index (χ2v) is 9.15. The minimum Gasteiger partial charge on any atom is -0.378 e. The average Bonchev–Trinajstić information content (AvgIpc) is 3.20. The van der Waals surface area contributed by atoms with Crippen LogP contribution >= 0.6 is 23.4 Å². The average molecular weight is 476 g/mol. The van der Waals surface area contributed by atoms with Crippen molar-refractivity contribution < 1.29 is 13.9 Å². The number of nitrogens with zero attached hydrogens (tertiary/aromatic N) is 4. The van der Waals surface area contributed by atoms with Crippen molar-refractivity contribution in [3.8, 4) is 5.69 Å². The molecular formula is C22H23ClFN5O2S. The van der Waals surface area contributed by atoms with Crippen molar-refractivity contribution in [3.05, 3.63) is 58.9 Å². The van der Waals surface area contributed by atoms with E-state index in [9.17, 15) is 9.18 Å². The number of hydrogen-bond donors (Lipinski definition) is 1. The summed E-state index contributed by atoms with van der Waals surface area (Å²) in [6, 6.07) is 12.1. The first-order chi connectivity index (χ1) is 15.4. The Labute approximate surface area is 194 Å². The number of halogens is 2. The van der Waals surface area contributed by atoms with Crippen LogP contribution in [0, 0.1) is 12.7 Å². The van der Waals surface area contributed by atoms with Crippen LogP contribution in [0.4, 0.5) is 16.0 Å².